The van der Waals surface area contributed by atoms with Crippen molar-refractivity contribution in [2.24, 2.45) is 0 Å². The van der Waals surface area contributed by atoms with Gasteiger partial charge in [0, 0.05) is 5.02 Å². The summed E-state index contributed by atoms with van der Waals surface area (Å²) in [6.45, 7) is 0. The van der Waals surface area contributed by atoms with Crippen molar-refractivity contribution in [2.75, 3.05) is 0 Å². The summed E-state index contributed by atoms with van der Waals surface area (Å²) < 4.78 is 127. The molecule has 0 atom stereocenters. The van der Waals surface area contributed by atoms with Crippen LogP contribution in [0.25, 0.3) is 0 Å². The third kappa shape index (κ3) is 3.26. The summed E-state index contributed by atoms with van der Waals surface area (Å²) in [7, 11) is 0. The first kappa shape index (κ1) is 18.9. The average molecular weight is 363 g/mol. The number of rotatable bonds is 3. The van der Waals surface area contributed by atoms with Crippen molar-refractivity contribution < 1.29 is 43.9 Å². The Morgan fingerprint density at radius 1 is 0.636 bits per heavy atom. The first-order valence-electron chi connectivity index (χ1n) is 5.27. The molecule has 0 aliphatic heterocycles. The van der Waals surface area contributed by atoms with Crippen LogP contribution >= 0.6 is 11.6 Å². The van der Waals surface area contributed by atoms with Gasteiger partial charge in [-0.25, -0.2) is 0 Å². The van der Waals surface area contributed by atoms with E-state index in [9.17, 15) is 43.9 Å². The van der Waals surface area contributed by atoms with Gasteiger partial charge in [0.05, 0.1) is 0 Å². The van der Waals surface area contributed by atoms with Crippen molar-refractivity contribution >= 4 is 11.6 Å². The van der Waals surface area contributed by atoms with Crippen molar-refractivity contribution in [1.82, 2.24) is 0 Å². The Kier molecular flexibility index (Phi) is 4.69. The van der Waals surface area contributed by atoms with Gasteiger partial charge in [-0.15, -0.1) is 0 Å². The third-order valence-corrected chi connectivity index (χ3v) is 2.94. The Hall–Kier alpha value is -1.19. The molecule has 1 aromatic carbocycles. The fourth-order valence-corrected chi connectivity index (χ4v) is 1.75. The molecule has 0 amide bonds. The van der Waals surface area contributed by atoms with Gasteiger partial charge in [0.1, 0.15) is 5.92 Å². The Morgan fingerprint density at radius 3 is 1.23 bits per heavy atom. The Labute approximate surface area is 121 Å². The molecule has 0 nitrogen and oxygen atoms in total. The molecule has 22 heavy (non-hydrogen) atoms. The van der Waals surface area contributed by atoms with E-state index in [0.717, 1.165) is 0 Å². The molecular formula is C11H5ClF10. The zero-order valence-electron chi connectivity index (χ0n) is 10.0. The average Bonchev–Trinajstić information content (AvgIpc) is 2.28. The van der Waals surface area contributed by atoms with E-state index >= 15 is 0 Å². The highest BCUT2D eigenvalue weighted by Crippen LogP contribution is 2.56. The maximum absolute atomic E-state index is 13.3. The van der Waals surface area contributed by atoms with Gasteiger partial charge < -0.3 is 0 Å². The fraction of sp³-hybridized carbons (Fsp3) is 0.455. The van der Waals surface area contributed by atoms with E-state index in [2.05, 4.69) is 0 Å². The number of halogens is 11. The highest BCUT2D eigenvalue weighted by atomic mass is 35.5. The normalized spacial score (nSPS) is 14.5. The molecule has 0 aromatic heterocycles. The van der Waals surface area contributed by atoms with E-state index in [0.29, 0.717) is 12.1 Å². The number of hydrogen-bond donors (Lipinski definition) is 0. The molecule has 126 valence electrons. The van der Waals surface area contributed by atoms with Crippen molar-refractivity contribution in [1.29, 1.82) is 0 Å². The quantitative estimate of drug-likeness (QED) is 0.594. The Morgan fingerprint density at radius 2 is 0.955 bits per heavy atom. The number of benzene rings is 1. The summed E-state index contributed by atoms with van der Waals surface area (Å²) in [5.41, 5.74) is -1.55. The summed E-state index contributed by atoms with van der Waals surface area (Å²) in [6.07, 6.45) is -13.2. The van der Waals surface area contributed by atoms with Crippen molar-refractivity contribution in [3.8, 4) is 0 Å². The SMILES string of the molecule is FC(F)(F)C(F)(F)C(c1ccc(Cl)cc1)C(F)(F)C(F)(F)F. The van der Waals surface area contributed by atoms with E-state index in [-0.39, 0.29) is 17.2 Å². The smallest absolute Gasteiger partial charge is 0.195 e. The van der Waals surface area contributed by atoms with Crippen LogP contribution in [0.15, 0.2) is 24.3 Å². The molecule has 0 aliphatic carbocycles. The molecule has 0 bridgehead atoms. The van der Waals surface area contributed by atoms with Gasteiger partial charge in [-0.05, 0) is 17.7 Å². The highest BCUT2D eigenvalue weighted by molar-refractivity contribution is 6.30. The van der Waals surface area contributed by atoms with E-state index in [1.54, 1.807) is 0 Å². The summed E-state index contributed by atoms with van der Waals surface area (Å²) in [4.78, 5) is 0. The van der Waals surface area contributed by atoms with Crippen LogP contribution in [0.3, 0.4) is 0 Å². The lowest BCUT2D eigenvalue weighted by molar-refractivity contribution is -0.354. The Balaban J connectivity index is 3.57. The molecule has 0 saturated heterocycles. The Bertz CT molecular complexity index is 487. The predicted octanol–water partition coefficient (Wildman–Crippen LogP) is 5.82. The maximum Gasteiger partial charge on any atom is 0.454 e. The van der Waals surface area contributed by atoms with Gasteiger partial charge >= 0.3 is 24.2 Å². The van der Waals surface area contributed by atoms with Crippen LogP contribution in [0.5, 0.6) is 0 Å². The number of alkyl halides is 10. The summed E-state index contributed by atoms with van der Waals surface area (Å²) in [5.74, 6) is -17.1. The molecule has 0 saturated carbocycles. The zero-order chi connectivity index (χ0) is 17.6. The molecule has 0 spiro atoms. The second kappa shape index (κ2) is 5.47. The standard InChI is InChI=1S/C11H5ClF10/c12-6-3-1-5(2-4-6)7(8(13,14)10(17,18)19)9(15,16)11(20,21)22/h1-4,7H. The molecule has 0 heterocycles. The molecule has 0 unspecified atom stereocenters. The van der Waals surface area contributed by atoms with E-state index in [4.69, 9.17) is 11.6 Å². The van der Waals surface area contributed by atoms with Crippen LogP contribution in [0.4, 0.5) is 43.9 Å². The second-order valence-electron chi connectivity index (χ2n) is 4.23. The van der Waals surface area contributed by atoms with Gasteiger partial charge in [-0.1, -0.05) is 23.7 Å². The van der Waals surface area contributed by atoms with Crippen LogP contribution < -0.4 is 0 Å². The van der Waals surface area contributed by atoms with Crippen LogP contribution in [0.1, 0.15) is 11.5 Å². The largest absolute Gasteiger partial charge is 0.454 e. The van der Waals surface area contributed by atoms with Crippen molar-refractivity contribution in [3.63, 3.8) is 0 Å². The van der Waals surface area contributed by atoms with Gasteiger partial charge in [0.25, 0.3) is 0 Å². The lowest BCUT2D eigenvalue weighted by Gasteiger charge is -2.35. The molecule has 1 rings (SSSR count). The van der Waals surface area contributed by atoms with Gasteiger partial charge in [-0.2, -0.15) is 43.9 Å². The van der Waals surface area contributed by atoms with Gasteiger partial charge in [0.15, 0.2) is 0 Å². The zero-order valence-corrected chi connectivity index (χ0v) is 10.8. The van der Waals surface area contributed by atoms with Crippen LogP contribution in [-0.2, 0) is 0 Å². The lowest BCUT2D eigenvalue weighted by atomic mass is 9.85. The van der Waals surface area contributed by atoms with Crippen LogP contribution in [-0.4, -0.2) is 24.2 Å². The molecular weight excluding hydrogens is 358 g/mol. The van der Waals surface area contributed by atoms with E-state index in [1.807, 2.05) is 0 Å². The molecule has 0 N–H and O–H groups in total. The molecule has 0 fully saturated rings. The molecule has 0 radical (unpaired) electrons. The summed E-state index contributed by atoms with van der Waals surface area (Å²) in [6, 6.07) is 1.77. The van der Waals surface area contributed by atoms with Gasteiger partial charge in [-0.3, -0.25) is 0 Å². The van der Waals surface area contributed by atoms with E-state index in [1.165, 1.54) is 0 Å². The topological polar surface area (TPSA) is 0 Å². The minimum atomic E-state index is -6.61. The third-order valence-electron chi connectivity index (χ3n) is 2.68. The lowest BCUT2D eigenvalue weighted by Crippen LogP contribution is -2.54. The fourth-order valence-electron chi connectivity index (χ4n) is 1.63. The summed E-state index contributed by atoms with van der Waals surface area (Å²) in [5, 5.41) is -0.242. The molecule has 0 aliphatic rings. The second-order valence-corrected chi connectivity index (χ2v) is 4.66. The van der Waals surface area contributed by atoms with Crippen LogP contribution in [0, 0.1) is 0 Å². The van der Waals surface area contributed by atoms with Crippen molar-refractivity contribution in [2.45, 2.75) is 30.1 Å². The van der Waals surface area contributed by atoms with Crippen LogP contribution in [0.2, 0.25) is 5.02 Å². The molecule has 1 aromatic rings. The van der Waals surface area contributed by atoms with E-state index < -0.39 is 35.7 Å². The minimum absolute atomic E-state index is 0.242. The first-order valence-corrected chi connectivity index (χ1v) is 5.64. The van der Waals surface area contributed by atoms with Crippen molar-refractivity contribution in [3.05, 3.63) is 34.9 Å². The predicted molar refractivity (Wildman–Crippen MR) is 56.2 cm³/mol. The minimum Gasteiger partial charge on any atom is -0.195 e. The first-order chi connectivity index (χ1) is 9.62. The monoisotopic (exact) mass is 362 g/mol. The highest BCUT2D eigenvalue weighted by Gasteiger charge is 2.76. The molecule has 11 heteroatoms. The summed E-state index contributed by atoms with van der Waals surface area (Å²) >= 11 is 5.31. The maximum atomic E-state index is 13.3. The number of hydrogen-bond acceptors (Lipinski definition) is 0. The van der Waals surface area contributed by atoms with Gasteiger partial charge in [0.2, 0.25) is 0 Å².